The molecule has 0 aliphatic heterocycles. The summed E-state index contributed by atoms with van der Waals surface area (Å²) in [6.07, 6.45) is 1.76. The Morgan fingerprint density at radius 2 is 2.05 bits per heavy atom. The Labute approximate surface area is 111 Å². The lowest BCUT2D eigenvalue weighted by molar-refractivity contribution is 0.0988. The van der Waals surface area contributed by atoms with E-state index in [0.29, 0.717) is 22.8 Å². The smallest absolute Gasteiger partial charge is 0.172 e. The van der Waals surface area contributed by atoms with Gasteiger partial charge in [0.05, 0.1) is 31.9 Å². The second kappa shape index (κ2) is 5.95. The number of hydrogen-bond donors (Lipinski definition) is 0. The van der Waals surface area contributed by atoms with Gasteiger partial charge in [-0.05, 0) is 24.3 Å². The van der Waals surface area contributed by atoms with Gasteiger partial charge in [-0.3, -0.25) is 4.79 Å². The minimum atomic E-state index is -0.0694. The molecule has 0 spiro atoms. The highest BCUT2D eigenvalue weighted by Gasteiger charge is 2.14. The van der Waals surface area contributed by atoms with Crippen LogP contribution < -0.4 is 9.47 Å². The molecule has 0 unspecified atom stereocenters. The third-order valence-corrected chi connectivity index (χ3v) is 2.68. The van der Waals surface area contributed by atoms with Crippen molar-refractivity contribution < 1.29 is 14.3 Å². The maximum absolute atomic E-state index is 12.2. The lowest BCUT2D eigenvalue weighted by atomic mass is 10.1. The van der Waals surface area contributed by atoms with Crippen LogP contribution in [0, 0.1) is 0 Å². The van der Waals surface area contributed by atoms with Gasteiger partial charge in [-0.25, -0.2) is 0 Å². The van der Waals surface area contributed by atoms with Gasteiger partial charge in [-0.15, -0.1) is 0 Å². The first kappa shape index (κ1) is 13.0. The highest BCUT2D eigenvalue weighted by atomic mass is 16.5. The molecule has 1 heterocycles. The quantitative estimate of drug-likeness (QED) is 0.767. The van der Waals surface area contributed by atoms with Crippen LogP contribution in [0.5, 0.6) is 11.5 Å². The number of rotatable bonds is 5. The molecule has 2 rings (SSSR count). The van der Waals surface area contributed by atoms with Crippen molar-refractivity contribution in [3.05, 3.63) is 47.8 Å². The highest BCUT2D eigenvalue weighted by Crippen LogP contribution is 2.25. The van der Waals surface area contributed by atoms with E-state index in [2.05, 4.69) is 10.2 Å². The van der Waals surface area contributed by atoms with Gasteiger partial charge in [0, 0.05) is 12.3 Å². The lowest BCUT2D eigenvalue weighted by Crippen LogP contribution is -2.07. The van der Waals surface area contributed by atoms with Crippen LogP contribution in [-0.4, -0.2) is 30.2 Å². The second-order valence-electron chi connectivity index (χ2n) is 3.88. The Morgan fingerprint density at radius 1 is 1.21 bits per heavy atom. The van der Waals surface area contributed by atoms with Crippen molar-refractivity contribution in [2.24, 2.45) is 0 Å². The molecule has 0 fully saturated rings. The van der Waals surface area contributed by atoms with Gasteiger partial charge in [0.25, 0.3) is 0 Å². The number of Topliss-reactive ketones (excluding diaryl/α,β-unsaturated/α-hetero) is 1. The molecule has 0 bridgehead atoms. The average Bonchev–Trinajstić information content (AvgIpc) is 2.47. The zero-order chi connectivity index (χ0) is 13.7. The fourth-order valence-electron chi connectivity index (χ4n) is 1.72. The fourth-order valence-corrected chi connectivity index (χ4v) is 1.72. The Morgan fingerprint density at radius 3 is 2.68 bits per heavy atom. The number of ether oxygens (including phenoxy) is 2. The lowest BCUT2D eigenvalue weighted by Gasteiger charge is -2.09. The Kier molecular flexibility index (Phi) is 4.07. The molecule has 1 aromatic heterocycles. The first-order valence-corrected chi connectivity index (χ1v) is 5.76. The van der Waals surface area contributed by atoms with Gasteiger partial charge < -0.3 is 9.47 Å². The molecular formula is C14H14N2O3. The Bertz CT molecular complexity index is 570. The van der Waals surface area contributed by atoms with Crippen LogP contribution in [-0.2, 0) is 6.42 Å². The molecule has 0 aliphatic rings. The summed E-state index contributed by atoms with van der Waals surface area (Å²) in [5.74, 6) is 1.07. The number of carbonyl (C=O) groups excluding carboxylic acids is 1. The molecule has 0 N–H and O–H groups in total. The van der Waals surface area contributed by atoms with Crippen molar-refractivity contribution in [2.75, 3.05) is 14.2 Å². The number of methoxy groups -OCH3 is 2. The summed E-state index contributed by atoms with van der Waals surface area (Å²) in [6.45, 7) is 0. The van der Waals surface area contributed by atoms with Crippen molar-refractivity contribution in [3.8, 4) is 11.5 Å². The molecule has 0 atom stereocenters. The number of nitrogens with zero attached hydrogens (tertiary/aromatic N) is 2. The van der Waals surface area contributed by atoms with Gasteiger partial charge in [-0.1, -0.05) is 0 Å². The van der Waals surface area contributed by atoms with Crippen molar-refractivity contribution >= 4 is 5.78 Å². The molecule has 0 radical (unpaired) electrons. The zero-order valence-electron chi connectivity index (χ0n) is 10.8. The molecule has 19 heavy (non-hydrogen) atoms. The molecule has 5 nitrogen and oxygen atoms in total. The third-order valence-electron chi connectivity index (χ3n) is 2.68. The molecule has 0 saturated carbocycles. The number of ketones is 1. The van der Waals surface area contributed by atoms with E-state index in [1.807, 2.05) is 0 Å². The van der Waals surface area contributed by atoms with Crippen LogP contribution in [0.4, 0.5) is 0 Å². The zero-order valence-corrected chi connectivity index (χ0v) is 10.8. The predicted octanol–water partition coefficient (Wildman–Crippen LogP) is 1.92. The standard InChI is InChI=1S/C14H14N2O3/c1-18-11-5-6-12(14(9-11)19-2)13(17)8-10-4-3-7-15-16-10/h3-7,9H,8H2,1-2H3. The number of carbonyl (C=O) groups is 1. The number of aromatic nitrogens is 2. The van der Waals surface area contributed by atoms with Crippen LogP contribution in [0.3, 0.4) is 0 Å². The molecule has 2 aromatic rings. The summed E-state index contributed by atoms with van der Waals surface area (Å²) in [7, 11) is 3.09. The number of hydrogen-bond acceptors (Lipinski definition) is 5. The van der Waals surface area contributed by atoms with Crippen LogP contribution in [0.25, 0.3) is 0 Å². The van der Waals surface area contributed by atoms with Gasteiger partial charge in [0.15, 0.2) is 5.78 Å². The van der Waals surface area contributed by atoms with Crippen LogP contribution in [0.1, 0.15) is 16.1 Å². The van der Waals surface area contributed by atoms with E-state index >= 15 is 0 Å². The minimum absolute atomic E-state index is 0.0694. The van der Waals surface area contributed by atoms with Crippen molar-refractivity contribution in [1.29, 1.82) is 0 Å². The first-order valence-electron chi connectivity index (χ1n) is 5.76. The second-order valence-corrected chi connectivity index (χ2v) is 3.88. The van der Waals surface area contributed by atoms with E-state index in [0.717, 1.165) is 0 Å². The summed E-state index contributed by atoms with van der Waals surface area (Å²) < 4.78 is 10.3. The van der Waals surface area contributed by atoms with E-state index < -0.39 is 0 Å². The maximum Gasteiger partial charge on any atom is 0.172 e. The van der Waals surface area contributed by atoms with Crippen molar-refractivity contribution in [3.63, 3.8) is 0 Å². The molecule has 0 amide bonds. The first-order chi connectivity index (χ1) is 9.24. The topological polar surface area (TPSA) is 61.3 Å². The molecule has 0 aliphatic carbocycles. The van der Waals surface area contributed by atoms with Gasteiger partial charge >= 0.3 is 0 Å². The summed E-state index contributed by atoms with van der Waals surface area (Å²) >= 11 is 0. The van der Waals surface area contributed by atoms with E-state index in [1.165, 1.54) is 7.11 Å². The van der Waals surface area contributed by atoms with Gasteiger partial charge in [0.1, 0.15) is 11.5 Å². The number of benzene rings is 1. The normalized spacial score (nSPS) is 10.0. The Hall–Kier alpha value is -2.43. The molecule has 98 valence electrons. The Balaban J connectivity index is 2.24. The predicted molar refractivity (Wildman–Crippen MR) is 69.6 cm³/mol. The largest absolute Gasteiger partial charge is 0.497 e. The van der Waals surface area contributed by atoms with Crippen LogP contribution in [0.15, 0.2) is 36.5 Å². The highest BCUT2D eigenvalue weighted by molar-refractivity contribution is 5.99. The van der Waals surface area contributed by atoms with Crippen LogP contribution in [0.2, 0.25) is 0 Å². The summed E-state index contributed by atoms with van der Waals surface area (Å²) in [4.78, 5) is 12.2. The summed E-state index contributed by atoms with van der Waals surface area (Å²) in [6, 6.07) is 8.62. The van der Waals surface area contributed by atoms with E-state index in [1.54, 1.807) is 43.6 Å². The summed E-state index contributed by atoms with van der Waals surface area (Å²) in [5.41, 5.74) is 1.14. The molecule has 1 aromatic carbocycles. The van der Waals surface area contributed by atoms with Crippen molar-refractivity contribution in [1.82, 2.24) is 10.2 Å². The van der Waals surface area contributed by atoms with E-state index in [-0.39, 0.29) is 12.2 Å². The minimum Gasteiger partial charge on any atom is -0.497 e. The molecule has 5 heteroatoms. The van der Waals surface area contributed by atoms with Gasteiger partial charge in [0.2, 0.25) is 0 Å². The third kappa shape index (κ3) is 3.07. The fraction of sp³-hybridized carbons (Fsp3) is 0.214. The monoisotopic (exact) mass is 258 g/mol. The summed E-state index contributed by atoms with van der Waals surface area (Å²) in [5, 5.41) is 7.64. The van der Waals surface area contributed by atoms with Crippen LogP contribution >= 0.6 is 0 Å². The van der Waals surface area contributed by atoms with E-state index in [9.17, 15) is 4.79 Å². The molecule has 0 saturated heterocycles. The van der Waals surface area contributed by atoms with Gasteiger partial charge in [-0.2, -0.15) is 10.2 Å². The van der Waals surface area contributed by atoms with E-state index in [4.69, 9.17) is 9.47 Å². The van der Waals surface area contributed by atoms with Crippen molar-refractivity contribution in [2.45, 2.75) is 6.42 Å². The average molecular weight is 258 g/mol. The SMILES string of the molecule is COc1ccc(C(=O)Cc2cccnn2)c(OC)c1. The molecular weight excluding hydrogens is 244 g/mol. The maximum atomic E-state index is 12.2.